The van der Waals surface area contributed by atoms with E-state index in [0.29, 0.717) is 10.2 Å². The topological polar surface area (TPSA) is 63.4 Å². The Balaban J connectivity index is 2.36. The minimum Gasteiger partial charge on any atom is -0.399 e. The number of rotatable bonds is 3. The molecule has 0 saturated heterocycles. The molecule has 1 aromatic carbocycles. The minimum absolute atomic E-state index is 0.143. The zero-order valence-electron chi connectivity index (χ0n) is 9.56. The van der Waals surface area contributed by atoms with Gasteiger partial charge in [-0.15, -0.1) is 0 Å². The van der Waals surface area contributed by atoms with Crippen molar-refractivity contribution in [2.24, 2.45) is 0 Å². The van der Waals surface area contributed by atoms with Gasteiger partial charge in [0.25, 0.3) is 0 Å². The van der Waals surface area contributed by atoms with Gasteiger partial charge in [-0.2, -0.15) is 4.31 Å². The lowest BCUT2D eigenvalue weighted by atomic mass is 9.94. The van der Waals surface area contributed by atoms with E-state index in [1.807, 2.05) is 0 Å². The standard InChI is InChI=1S/C11H15BrN2O2S/c1-14(9-3-2-4-9)17(15,16)11-6-5-8(13)7-10(11)12/h5-7,9H,2-4,13H2,1H3. The van der Waals surface area contributed by atoms with Crippen LogP contribution in [0.25, 0.3) is 0 Å². The van der Waals surface area contributed by atoms with Gasteiger partial charge in [0.15, 0.2) is 0 Å². The average molecular weight is 319 g/mol. The summed E-state index contributed by atoms with van der Waals surface area (Å²) in [4.78, 5) is 0.279. The molecule has 0 aromatic heterocycles. The zero-order chi connectivity index (χ0) is 12.6. The van der Waals surface area contributed by atoms with Gasteiger partial charge in [-0.1, -0.05) is 6.42 Å². The number of benzene rings is 1. The van der Waals surface area contributed by atoms with Crippen molar-refractivity contribution in [3.63, 3.8) is 0 Å². The van der Waals surface area contributed by atoms with Crippen LogP contribution in [0.5, 0.6) is 0 Å². The molecule has 1 saturated carbocycles. The summed E-state index contributed by atoms with van der Waals surface area (Å²) in [7, 11) is -1.77. The van der Waals surface area contributed by atoms with Gasteiger partial charge >= 0.3 is 0 Å². The second-order valence-electron chi connectivity index (χ2n) is 4.30. The molecule has 0 spiro atoms. The second-order valence-corrected chi connectivity index (χ2v) is 7.12. The number of sulfonamides is 1. The molecule has 0 heterocycles. The Morgan fingerprint density at radius 2 is 2.06 bits per heavy atom. The van der Waals surface area contributed by atoms with Crippen LogP contribution in [0.15, 0.2) is 27.6 Å². The maximum absolute atomic E-state index is 12.4. The van der Waals surface area contributed by atoms with Gasteiger partial charge < -0.3 is 5.73 Å². The van der Waals surface area contributed by atoms with E-state index in [9.17, 15) is 8.42 Å². The van der Waals surface area contributed by atoms with Crippen LogP contribution in [0.2, 0.25) is 0 Å². The molecule has 0 atom stereocenters. The Morgan fingerprint density at radius 3 is 2.53 bits per heavy atom. The Bertz CT molecular complexity index is 526. The second kappa shape index (κ2) is 4.59. The summed E-state index contributed by atoms with van der Waals surface area (Å²) in [6, 6.07) is 4.90. The molecule has 1 aromatic rings. The molecule has 6 heteroatoms. The van der Waals surface area contributed by atoms with E-state index in [4.69, 9.17) is 5.73 Å². The third-order valence-corrected chi connectivity index (χ3v) is 6.09. The van der Waals surface area contributed by atoms with Crippen molar-refractivity contribution in [3.05, 3.63) is 22.7 Å². The molecular formula is C11H15BrN2O2S. The van der Waals surface area contributed by atoms with Crippen LogP contribution in [0.4, 0.5) is 5.69 Å². The first kappa shape index (κ1) is 12.9. The van der Waals surface area contributed by atoms with Gasteiger partial charge in [-0.05, 0) is 47.0 Å². The normalized spacial score (nSPS) is 17.1. The van der Waals surface area contributed by atoms with E-state index in [1.165, 1.54) is 4.31 Å². The van der Waals surface area contributed by atoms with Crippen molar-refractivity contribution in [1.29, 1.82) is 0 Å². The Morgan fingerprint density at radius 1 is 1.41 bits per heavy atom. The summed E-state index contributed by atoms with van der Waals surface area (Å²) in [6.45, 7) is 0. The van der Waals surface area contributed by atoms with Crippen molar-refractivity contribution in [3.8, 4) is 0 Å². The smallest absolute Gasteiger partial charge is 0.244 e. The number of nitrogens with zero attached hydrogens (tertiary/aromatic N) is 1. The summed E-state index contributed by atoms with van der Waals surface area (Å²) in [5.41, 5.74) is 6.15. The van der Waals surface area contributed by atoms with Crippen molar-refractivity contribution >= 4 is 31.6 Å². The van der Waals surface area contributed by atoms with E-state index in [2.05, 4.69) is 15.9 Å². The zero-order valence-corrected chi connectivity index (χ0v) is 12.0. The summed E-state index contributed by atoms with van der Waals surface area (Å²) in [6.07, 6.45) is 3.00. The highest BCUT2D eigenvalue weighted by molar-refractivity contribution is 9.10. The highest BCUT2D eigenvalue weighted by atomic mass is 79.9. The van der Waals surface area contributed by atoms with E-state index in [0.717, 1.165) is 19.3 Å². The van der Waals surface area contributed by atoms with Crippen LogP contribution < -0.4 is 5.73 Å². The predicted octanol–water partition coefficient (Wildman–Crippen LogP) is 2.20. The monoisotopic (exact) mass is 318 g/mol. The molecule has 2 N–H and O–H groups in total. The third-order valence-electron chi connectivity index (χ3n) is 3.20. The Hall–Kier alpha value is -0.590. The largest absolute Gasteiger partial charge is 0.399 e. The van der Waals surface area contributed by atoms with E-state index in [1.54, 1.807) is 25.2 Å². The lowest BCUT2D eigenvalue weighted by Crippen LogP contribution is -2.41. The fraction of sp³-hybridized carbons (Fsp3) is 0.455. The number of hydrogen-bond acceptors (Lipinski definition) is 3. The van der Waals surface area contributed by atoms with Crippen LogP contribution in [0.3, 0.4) is 0 Å². The number of nitrogens with two attached hydrogens (primary N) is 1. The van der Waals surface area contributed by atoms with Crippen LogP contribution in [-0.4, -0.2) is 25.8 Å². The predicted molar refractivity (Wildman–Crippen MR) is 71.1 cm³/mol. The van der Waals surface area contributed by atoms with E-state index < -0.39 is 10.0 Å². The van der Waals surface area contributed by atoms with Gasteiger partial charge in [-0.25, -0.2) is 8.42 Å². The molecule has 0 unspecified atom stereocenters. The molecular weight excluding hydrogens is 304 g/mol. The van der Waals surface area contributed by atoms with Crippen LogP contribution >= 0.6 is 15.9 Å². The number of anilines is 1. The van der Waals surface area contributed by atoms with Crippen LogP contribution in [-0.2, 0) is 10.0 Å². The maximum atomic E-state index is 12.4. The fourth-order valence-electron chi connectivity index (χ4n) is 1.83. The highest BCUT2D eigenvalue weighted by Gasteiger charge is 2.32. The first-order valence-electron chi connectivity index (χ1n) is 5.46. The molecule has 0 bridgehead atoms. The Labute approximate surface area is 110 Å². The van der Waals surface area contributed by atoms with E-state index >= 15 is 0 Å². The quantitative estimate of drug-likeness (QED) is 0.869. The SMILES string of the molecule is CN(C1CCC1)S(=O)(=O)c1ccc(N)cc1Br. The number of hydrogen-bond donors (Lipinski definition) is 1. The van der Waals surface area contributed by atoms with Crippen molar-refractivity contribution < 1.29 is 8.42 Å². The van der Waals surface area contributed by atoms with Gasteiger partial charge in [-0.3, -0.25) is 0 Å². The molecule has 2 rings (SSSR count). The van der Waals surface area contributed by atoms with Crippen molar-refractivity contribution in [2.45, 2.75) is 30.2 Å². The van der Waals surface area contributed by atoms with Crippen LogP contribution in [0.1, 0.15) is 19.3 Å². The van der Waals surface area contributed by atoms with Gasteiger partial charge in [0, 0.05) is 23.2 Å². The lowest BCUT2D eigenvalue weighted by molar-refractivity contribution is 0.249. The molecule has 1 fully saturated rings. The number of halogens is 1. The fourth-order valence-corrected chi connectivity index (χ4v) is 4.30. The minimum atomic E-state index is -3.42. The molecule has 1 aliphatic rings. The maximum Gasteiger partial charge on any atom is 0.244 e. The summed E-state index contributed by atoms with van der Waals surface area (Å²) < 4.78 is 26.7. The molecule has 4 nitrogen and oxygen atoms in total. The third kappa shape index (κ3) is 2.34. The summed E-state index contributed by atoms with van der Waals surface area (Å²) in [5.74, 6) is 0. The van der Waals surface area contributed by atoms with Crippen LogP contribution in [0, 0.1) is 0 Å². The van der Waals surface area contributed by atoms with Gasteiger partial charge in [0.2, 0.25) is 10.0 Å². The first-order chi connectivity index (χ1) is 7.93. The lowest BCUT2D eigenvalue weighted by Gasteiger charge is -2.33. The van der Waals surface area contributed by atoms with Crippen molar-refractivity contribution in [2.75, 3.05) is 12.8 Å². The van der Waals surface area contributed by atoms with Crippen molar-refractivity contribution in [1.82, 2.24) is 4.31 Å². The summed E-state index contributed by atoms with van der Waals surface area (Å²) in [5, 5.41) is 0. The average Bonchev–Trinajstić information content (AvgIpc) is 2.13. The van der Waals surface area contributed by atoms with Gasteiger partial charge in [0.1, 0.15) is 0 Å². The molecule has 0 amide bonds. The number of nitrogen functional groups attached to an aromatic ring is 1. The molecule has 17 heavy (non-hydrogen) atoms. The summed E-state index contributed by atoms with van der Waals surface area (Å²) >= 11 is 3.25. The molecule has 1 aliphatic carbocycles. The highest BCUT2D eigenvalue weighted by Crippen LogP contribution is 2.32. The Kier molecular flexibility index (Phi) is 3.47. The first-order valence-corrected chi connectivity index (χ1v) is 7.69. The van der Waals surface area contributed by atoms with Gasteiger partial charge in [0.05, 0.1) is 4.90 Å². The molecule has 0 radical (unpaired) electrons. The molecule has 94 valence electrons. The molecule has 0 aliphatic heterocycles. The van der Waals surface area contributed by atoms with E-state index in [-0.39, 0.29) is 10.9 Å².